The van der Waals surface area contributed by atoms with Crippen LogP contribution >= 0.6 is 0 Å². The van der Waals surface area contributed by atoms with Crippen molar-refractivity contribution in [3.05, 3.63) is 54.1 Å². The maximum atomic E-state index is 13.5. The van der Waals surface area contributed by atoms with E-state index in [0.717, 1.165) is 30.3 Å². The van der Waals surface area contributed by atoms with E-state index in [9.17, 15) is 22.0 Å². The van der Waals surface area contributed by atoms with E-state index in [2.05, 4.69) is 0 Å². The Kier molecular flexibility index (Phi) is 4.80. The lowest BCUT2D eigenvalue weighted by molar-refractivity contribution is -0.139. The molecular weight excluding hydrogens is 332 g/mol. The average molecular weight is 343 g/mol. The normalized spacial score (nSPS) is 11.0. The Labute approximate surface area is 130 Å². The molecule has 0 fully saturated rings. The Hall–Kier alpha value is -2.68. The third-order valence-electron chi connectivity index (χ3n) is 2.67. The van der Waals surface area contributed by atoms with Crippen molar-refractivity contribution >= 4 is 21.7 Å². The summed E-state index contributed by atoms with van der Waals surface area (Å²) in [5.74, 6) is -2.73. The van der Waals surface area contributed by atoms with Gasteiger partial charge in [-0.15, -0.1) is 0 Å². The number of carbonyl (C=O) groups is 1. The number of carboxylic acid groups (broad SMARTS) is 1. The summed E-state index contributed by atoms with van der Waals surface area (Å²) in [5, 5.41) is 8.47. The van der Waals surface area contributed by atoms with E-state index in [-0.39, 0.29) is 10.6 Å². The molecule has 0 aliphatic rings. The van der Waals surface area contributed by atoms with Crippen LogP contribution in [0.5, 0.6) is 5.75 Å². The summed E-state index contributed by atoms with van der Waals surface area (Å²) in [6.07, 6.45) is 0. The highest BCUT2D eigenvalue weighted by Crippen LogP contribution is 2.22. The first-order chi connectivity index (χ1) is 10.8. The number of ether oxygens (including phenoxy) is 1. The second kappa shape index (κ2) is 6.61. The zero-order chi connectivity index (χ0) is 17.0. The fourth-order valence-electron chi connectivity index (χ4n) is 1.64. The Bertz CT molecular complexity index is 822. The molecule has 122 valence electrons. The van der Waals surface area contributed by atoms with E-state index in [4.69, 9.17) is 9.84 Å². The number of carboxylic acids is 1. The Morgan fingerprint density at radius 2 is 1.78 bits per heavy atom. The van der Waals surface area contributed by atoms with E-state index in [1.807, 2.05) is 4.72 Å². The van der Waals surface area contributed by atoms with Gasteiger partial charge in [0.15, 0.2) is 6.61 Å². The van der Waals surface area contributed by atoms with Crippen molar-refractivity contribution in [2.24, 2.45) is 0 Å². The molecule has 0 aromatic heterocycles. The van der Waals surface area contributed by atoms with Crippen LogP contribution in [-0.2, 0) is 14.8 Å². The first-order valence-corrected chi connectivity index (χ1v) is 7.69. The molecule has 0 radical (unpaired) electrons. The van der Waals surface area contributed by atoms with Crippen molar-refractivity contribution in [1.29, 1.82) is 0 Å². The van der Waals surface area contributed by atoms with Crippen LogP contribution < -0.4 is 9.46 Å². The topological polar surface area (TPSA) is 92.7 Å². The molecule has 0 aliphatic carbocycles. The third-order valence-corrected chi connectivity index (χ3v) is 4.05. The summed E-state index contributed by atoms with van der Waals surface area (Å²) in [7, 11) is -4.13. The predicted octanol–water partition coefficient (Wildman–Crippen LogP) is 2.23. The molecule has 0 saturated heterocycles. The van der Waals surface area contributed by atoms with Crippen LogP contribution in [0.2, 0.25) is 0 Å². The van der Waals surface area contributed by atoms with Gasteiger partial charge in [0.25, 0.3) is 10.0 Å². The van der Waals surface area contributed by atoms with E-state index >= 15 is 0 Å². The summed E-state index contributed by atoms with van der Waals surface area (Å²) in [6.45, 7) is -0.571. The highest BCUT2D eigenvalue weighted by molar-refractivity contribution is 7.92. The molecule has 2 N–H and O–H groups in total. The molecule has 2 aromatic rings. The Balaban J connectivity index is 2.19. The van der Waals surface area contributed by atoms with Crippen molar-refractivity contribution in [3.63, 3.8) is 0 Å². The maximum absolute atomic E-state index is 13.5. The Morgan fingerprint density at radius 3 is 2.39 bits per heavy atom. The van der Waals surface area contributed by atoms with E-state index < -0.39 is 39.9 Å². The van der Waals surface area contributed by atoms with Gasteiger partial charge >= 0.3 is 5.97 Å². The highest BCUT2D eigenvalue weighted by atomic mass is 32.2. The summed E-state index contributed by atoms with van der Waals surface area (Å²) in [4.78, 5) is 10.1. The molecule has 6 nitrogen and oxygen atoms in total. The SMILES string of the molecule is O=C(O)COc1ccc(S(=O)(=O)Nc2cc(F)ccc2F)cc1. The Morgan fingerprint density at radius 1 is 1.13 bits per heavy atom. The van der Waals surface area contributed by atoms with Gasteiger partial charge in [0.2, 0.25) is 0 Å². The van der Waals surface area contributed by atoms with Crippen molar-refractivity contribution in [3.8, 4) is 5.75 Å². The van der Waals surface area contributed by atoms with Crippen molar-refractivity contribution in [2.75, 3.05) is 11.3 Å². The first-order valence-electron chi connectivity index (χ1n) is 6.20. The fourth-order valence-corrected chi connectivity index (χ4v) is 2.70. The molecule has 0 unspecified atom stereocenters. The first kappa shape index (κ1) is 16.7. The molecule has 0 saturated carbocycles. The number of anilines is 1. The molecule has 0 aliphatic heterocycles. The molecule has 0 atom stereocenters. The molecule has 23 heavy (non-hydrogen) atoms. The highest BCUT2D eigenvalue weighted by Gasteiger charge is 2.17. The number of benzene rings is 2. The van der Waals surface area contributed by atoms with Gasteiger partial charge in [0, 0.05) is 6.07 Å². The minimum absolute atomic E-state index is 0.156. The van der Waals surface area contributed by atoms with Gasteiger partial charge in [-0.25, -0.2) is 22.0 Å². The molecule has 9 heteroatoms. The zero-order valence-corrected chi connectivity index (χ0v) is 12.3. The van der Waals surface area contributed by atoms with Crippen LogP contribution in [-0.4, -0.2) is 26.1 Å². The van der Waals surface area contributed by atoms with Crippen LogP contribution in [0.15, 0.2) is 47.4 Å². The summed E-state index contributed by atoms with van der Waals surface area (Å²) >= 11 is 0. The van der Waals surface area contributed by atoms with E-state index in [0.29, 0.717) is 0 Å². The second-order valence-corrected chi connectivity index (χ2v) is 6.07. The van der Waals surface area contributed by atoms with Crippen LogP contribution in [0.25, 0.3) is 0 Å². The molecule has 0 bridgehead atoms. The number of sulfonamides is 1. The lowest BCUT2D eigenvalue weighted by Crippen LogP contribution is -2.14. The average Bonchev–Trinajstić information content (AvgIpc) is 2.49. The fraction of sp³-hybridized carbons (Fsp3) is 0.0714. The lowest BCUT2D eigenvalue weighted by atomic mass is 10.3. The third kappa shape index (κ3) is 4.39. The molecule has 0 heterocycles. The van der Waals surface area contributed by atoms with Crippen molar-refractivity contribution in [1.82, 2.24) is 0 Å². The minimum atomic E-state index is -4.13. The smallest absolute Gasteiger partial charge is 0.341 e. The van der Waals surface area contributed by atoms with Crippen LogP contribution in [0.1, 0.15) is 0 Å². The molecule has 2 rings (SSSR count). The summed E-state index contributed by atoms with van der Waals surface area (Å²) in [6, 6.07) is 7.18. The van der Waals surface area contributed by atoms with Gasteiger partial charge in [0.05, 0.1) is 10.6 Å². The maximum Gasteiger partial charge on any atom is 0.341 e. The van der Waals surface area contributed by atoms with Crippen LogP contribution in [0, 0.1) is 11.6 Å². The van der Waals surface area contributed by atoms with E-state index in [1.54, 1.807) is 0 Å². The predicted molar refractivity (Wildman–Crippen MR) is 76.7 cm³/mol. The van der Waals surface area contributed by atoms with Gasteiger partial charge in [-0.1, -0.05) is 0 Å². The van der Waals surface area contributed by atoms with Crippen molar-refractivity contribution in [2.45, 2.75) is 4.90 Å². The second-order valence-electron chi connectivity index (χ2n) is 4.38. The van der Waals surface area contributed by atoms with Gasteiger partial charge in [-0.3, -0.25) is 4.72 Å². The number of halogens is 2. The minimum Gasteiger partial charge on any atom is -0.482 e. The van der Waals surface area contributed by atoms with Gasteiger partial charge < -0.3 is 9.84 Å². The summed E-state index contributed by atoms with van der Waals surface area (Å²) in [5.41, 5.74) is -0.517. The lowest BCUT2D eigenvalue weighted by Gasteiger charge is -2.10. The summed E-state index contributed by atoms with van der Waals surface area (Å²) < 4.78 is 57.6. The number of rotatable bonds is 6. The van der Waals surface area contributed by atoms with Crippen LogP contribution in [0.3, 0.4) is 0 Å². The van der Waals surface area contributed by atoms with Gasteiger partial charge in [-0.05, 0) is 36.4 Å². The number of nitrogens with one attached hydrogen (secondary N) is 1. The molecule has 2 aromatic carbocycles. The zero-order valence-electron chi connectivity index (χ0n) is 11.5. The largest absolute Gasteiger partial charge is 0.482 e. The molecule has 0 spiro atoms. The number of hydrogen-bond donors (Lipinski definition) is 2. The monoisotopic (exact) mass is 343 g/mol. The quantitative estimate of drug-likeness (QED) is 0.839. The van der Waals surface area contributed by atoms with Gasteiger partial charge in [-0.2, -0.15) is 0 Å². The van der Waals surface area contributed by atoms with Crippen molar-refractivity contribution < 1.29 is 31.8 Å². The standard InChI is InChI=1S/C14H11F2NO5S/c15-9-1-6-12(16)13(7-9)17-23(20,21)11-4-2-10(3-5-11)22-8-14(18)19/h1-7,17H,8H2,(H,18,19). The van der Waals surface area contributed by atoms with E-state index in [1.165, 1.54) is 12.1 Å². The number of hydrogen-bond acceptors (Lipinski definition) is 4. The molecular formula is C14H11F2NO5S. The van der Waals surface area contributed by atoms with Gasteiger partial charge in [0.1, 0.15) is 17.4 Å². The van der Waals surface area contributed by atoms with Crippen LogP contribution in [0.4, 0.5) is 14.5 Å². The molecule has 0 amide bonds. The number of aliphatic carboxylic acids is 1.